The standard InChI is InChI=1S/C13H22N4O3/c1-7-17(13(5,6)11(19)20)9(18)8-14-10(16-15-8)12(2,3)4/h7H2,1-6H3,(H,19,20)(H,14,15,16). The number of amides is 1. The number of carboxylic acids is 1. The number of hydrogen-bond acceptors (Lipinski definition) is 4. The first-order valence-electron chi connectivity index (χ1n) is 6.50. The lowest BCUT2D eigenvalue weighted by Crippen LogP contribution is -2.53. The molecule has 7 heteroatoms. The van der Waals surface area contributed by atoms with Crippen LogP contribution in [-0.2, 0) is 10.2 Å². The second kappa shape index (κ2) is 5.22. The van der Waals surface area contributed by atoms with Crippen molar-refractivity contribution in [3.05, 3.63) is 11.6 Å². The number of hydrogen-bond donors (Lipinski definition) is 2. The Bertz CT molecular complexity index is 514. The molecule has 0 aromatic carbocycles. The van der Waals surface area contributed by atoms with Crippen molar-refractivity contribution >= 4 is 11.9 Å². The Morgan fingerprint density at radius 3 is 2.15 bits per heavy atom. The quantitative estimate of drug-likeness (QED) is 0.870. The highest BCUT2D eigenvalue weighted by atomic mass is 16.4. The molecule has 0 spiro atoms. The number of aromatic nitrogens is 3. The van der Waals surface area contributed by atoms with Crippen molar-refractivity contribution in [2.24, 2.45) is 0 Å². The zero-order valence-corrected chi connectivity index (χ0v) is 12.8. The Kier molecular flexibility index (Phi) is 4.21. The first kappa shape index (κ1) is 16.1. The van der Waals surface area contributed by atoms with Gasteiger partial charge < -0.3 is 10.0 Å². The molecule has 0 unspecified atom stereocenters. The lowest BCUT2D eigenvalue weighted by Gasteiger charge is -2.33. The van der Waals surface area contributed by atoms with Crippen LogP contribution in [-0.4, -0.2) is 49.1 Å². The van der Waals surface area contributed by atoms with Gasteiger partial charge in [-0.1, -0.05) is 20.8 Å². The number of carbonyl (C=O) groups excluding carboxylic acids is 1. The zero-order valence-electron chi connectivity index (χ0n) is 12.8. The molecule has 0 fully saturated rings. The number of aromatic amines is 1. The number of aliphatic carboxylic acids is 1. The minimum absolute atomic E-state index is 0.00824. The maximum atomic E-state index is 12.4. The Hall–Kier alpha value is -1.92. The summed E-state index contributed by atoms with van der Waals surface area (Å²) in [6, 6.07) is 0. The molecule has 20 heavy (non-hydrogen) atoms. The fraction of sp³-hybridized carbons (Fsp3) is 0.692. The molecule has 1 heterocycles. The van der Waals surface area contributed by atoms with Gasteiger partial charge in [-0.05, 0) is 20.8 Å². The van der Waals surface area contributed by atoms with E-state index in [-0.39, 0.29) is 17.8 Å². The van der Waals surface area contributed by atoms with E-state index in [1.54, 1.807) is 6.92 Å². The molecule has 1 amide bonds. The molecular weight excluding hydrogens is 260 g/mol. The van der Waals surface area contributed by atoms with E-state index in [4.69, 9.17) is 0 Å². The summed E-state index contributed by atoms with van der Waals surface area (Å²) in [7, 11) is 0. The Balaban J connectivity index is 3.10. The average Bonchev–Trinajstić information content (AvgIpc) is 2.77. The predicted molar refractivity (Wildman–Crippen MR) is 73.5 cm³/mol. The normalized spacial score (nSPS) is 12.3. The van der Waals surface area contributed by atoms with Gasteiger partial charge in [0.05, 0.1) is 0 Å². The third-order valence-electron chi connectivity index (χ3n) is 3.15. The first-order chi connectivity index (χ1) is 9.01. The van der Waals surface area contributed by atoms with Gasteiger partial charge in [0, 0.05) is 12.0 Å². The maximum Gasteiger partial charge on any atom is 0.329 e. The minimum Gasteiger partial charge on any atom is -0.480 e. The van der Waals surface area contributed by atoms with Crippen LogP contribution < -0.4 is 0 Å². The summed E-state index contributed by atoms with van der Waals surface area (Å²) in [6.07, 6.45) is 0. The largest absolute Gasteiger partial charge is 0.480 e. The summed E-state index contributed by atoms with van der Waals surface area (Å²) in [5.41, 5.74) is -1.57. The molecule has 0 bridgehead atoms. The topological polar surface area (TPSA) is 99.2 Å². The Morgan fingerprint density at radius 2 is 1.80 bits per heavy atom. The molecule has 0 atom stereocenters. The number of carbonyl (C=O) groups is 2. The van der Waals surface area contributed by atoms with E-state index in [1.165, 1.54) is 18.7 Å². The molecule has 0 aliphatic rings. The summed E-state index contributed by atoms with van der Waals surface area (Å²) < 4.78 is 0. The predicted octanol–water partition coefficient (Wildman–Crippen LogP) is 1.43. The van der Waals surface area contributed by atoms with Crippen LogP contribution in [0.2, 0.25) is 0 Å². The van der Waals surface area contributed by atoms with Crippen LogP contribution in [0.15, 0.2) is 0 Å². The van der Waals surface area contributed by atoms with E-state index in [1.807, 2.05) is 20.8 Å². The van der Waals surface area contributed by atoms with Gasteiger partial charge in [-0.2, -0.15) is 0 Å². The molecule has 1 aromatic heterocycles. The number of carboxylic acid groups (broad SMARTS) is 1. The molecule has 112 valence electrons. The van der Waals surface area contributed by atoms with Gasteiger partial charge in [-0.3, -0.25) is 9.89 Å². The molecule has 1 aromatic rings. The third kappa shape index (κ3) is 2.97. The van der Waals surface area contributed by atoms with E-state index in [2.05, 4.69) is 15.2 Å². The molecule has 0 saturated heterocycles. The second-order valence-electron chi connectivity index (χ2n) is 6.17. The van der Waals surface area contributed by atoms with E-state index in [9.17, 15) is 14.7 Å². The molecule has 0 saturated carbocycles. The van der Waals surface area contributed by atoms with Crippen molar-refractivity contribution in [3.8, 4) is 0 Å². The van der Waals surface area contributed by atoms with Gasteiger partial charge in [0.1, 0.15) is 11.4 Å². The minimum atomic E-state index is -1.31. The van der Waals surface area contributed by atoms with Crippen molar-refractivity contribution in [1.82, 2.24) is 20.1 Å². The van der Waals surface area contributed by atoms with Crippen LogP contribution in [0.5, 0.6) is 0 Å². The van der Waals surface area contributed by atoms with E-state index < -0.39 is 17.4 Å². The monoisotopic (exact) mass is 282 g/mol. The van der Waals surface area contributed by atoms with Crippen molar-refractivity contribution in [3.63, 3.8) is 0 Å². The summed E-state index contributed by atoms with van der Waals surface area (Å²) >= 11 is 0. The molecule has 7 nitrogen and oxygen atoms in total. The lowest BCUT2D eigenvalue weighted by molar-refractivity contribution is -0.147. The van der Waals surface area contributed by atoms with Gasteiger partial charge >= 0.3 is 5.97 Å². The van der Waals surface area contributed by atoms with Gasteiger partial charge in [-0.15, -0.1) is 5.10 Å². The van der Waals surface area contributed by atoms with Gasteiger partial charge in [0.15, 0.2) is 0 Å². The van der Waals surface area contributed by atoms with Crippen LogP contribution in [0.4, 0.5) is 0 Å². The Morgan fingerprint density at radius 1 is 1.25 bits per heavy atom. The van der Waals surface area contributed by atoms with E-state index in [0.717, 1.165) is 0 Å². The van der Waals surface area contributed by atoms with Crippen molar-refractivity contribution in [2.45, 2.75) is 52.5 Å². The number of nitrogens with zero attached hydrogens (tertiary/aromatic N) is 3. The highest BCUT2D eigenvalue weighted by Crippen LogP contribution is 2.20. The second-order valence-corrected chi connectivity index (χ2v) is 6.17. The van der Waals surface area contributed by atoms with Crippen molar-refractivity contribution in [2.75, 3.05) is 6.54 Å². The highest BCUT2D eigenvalue weighted by Gasteiger charge is 2.38. The number of likely N-dealkylation sites (N-methyl/N-ethyl adjacent to an activating group) is 1. The molecule has 1 rings (SSSR count). The highest BCUT2D eigenvalue weighted by molar-refractivity contribution is 5.94. The molecule has 0 aliphatic heterocycles. The van der Waals surface area contributed by atoms with Crippen LogP contribution in [0.3, 0.4) is 0 Å². The van der Waals surface area contributed by atoms with Gasteiger partial charge in [-0.25, -0.2) is 9.78 Å². The van der Waals surface area contributed by atoms with Crippen LogP contribution in [0.25, 0.3) is 0 Å². The van der Waals surface area contributed by atoms with E-state index in [0.29, 0.717) is 5.82 Å². The SMILES string of the molecule is CCN(C(=O)c1n[nH]c(C(C)(C)C)n1)C(C)(C)C(=O)O. The summed E-state index contributed by atoms with van der Waals surface area (Å²) in [5.74, 6) is -0.984. The molecule has 0 aliphatic carbocycles. The van der Waals surface area contributed by atoms with Crippen LogP contribution in [0, 0.1) is 0 Å². The maximum absolute atomic E-state index is 12.4. The van der Waals surface area contributed by atoms with Crippen LogP contribution in [0.1, 0.15) is 58.0 Å². The summed E-state index contributed by atoms with van der Waals surface area (Å²) in [4.78, 5) is 29.1. The summed E-state index contributed by atoms with van der Waals surface area (Å²) in [5, 5.41) is 15.9. The smallest absolute Gasteiger partial charge is 0.329 e. The molecular formula is C13H22N4O3. The lowest BCUT2D eigenvalue weighted by atomic mass is 9.96. The van der Waals surface area contributed by atoms with Gasteiger partial charge in [0.25, 0.3) is 5.91 Å². The fourth-order valence-electron chi connectivity index (χ4n) is 1.72. The van der Waals surface area contributed by atoms with Crippen molar-refractivity contribution in [1.29, 1.82) is 0 Å². The van der Waals surface area contributed by atoms with Crippen molar-refractivity contribution < 1.29 is 14.7 Å². The Labute approximate surface area is 118 Å². The number of H-pyrrole nitrogens is 1. The van der Waals surface area contributed by atoms with Gasteiger partial charge in [0.2, 0.25) is 5.82 Å². The van der Waals surface area contributed by atoms with E-state index >= 15 is 0 Å². The van der Waals surface area contributed by atoms with Crippen LogP contribution >= 0.6 is 0 Å². The third-order valence-corrected chi connectivity index (χ3v) is 3.15. The molecule has 0 radical (unpaired) electrons. The molecule has 2 N–H and O–H groups in total. The number of nitrogens with one attached hydrogen (secondary N) is 1. The zero-order chi connectivity index (χ0) is 15.7. The summed E-state index contributed by atoms with van der Waals surface area (Å²) in [6.45, 7) is 10.8. The number of rotatable bonds is 4. The first-order valence-corrected chi connectivity index (χ1v) is 6.50. The fourth-order valence-corrected chi connectivity index (χ4v) is 1.72. The average molecular weight is 282 g/mol.